The summed E-state index contributed by atoms with van der Waals surface area (Å²) in [5, 5.41) is 4.13. The standard InChI is InChI=1S/C11H12BrN3S/c1-15-6-8(5-14-15)7-16-11-4-9(12)2-3-10(11)13/h2-6H,7,13H2,1H3. The van der Waals surface area contributed by atoms with Gasteiger partial charge < -0.3 is 5.73 Å². The van der Waals surface area contributed by atoms with Gasteiger partial charge in [0.05, 0.1) is 6.20 Å². The van der Waals surface area contributed by atoms with Crippen molar-refractivity contribution in [3.8, 4) is 0 Å². The Kier molecular flexibility index (Phi) is 3.56. The smallest absolute Gasteiger partial charge is 0.0530 e. The summed E-state index contributed by atoms with van der Waals surface area (Å²) in [5.74, 6) is 0.883. The number of nitrogens with zero attached hydrogens (tertiary/aromatic N) is 2. The number of hydrogen-bond acceptors (Lipinski definition) is 3. The quantitative estimate of drug-likeness (QED) is 0.699. The van der Waals surface area contributed by atoms with Crippen LogP contribution in [0.25, 0.3) is 0 Å². The summed E-state index contributed by atoms with van der Waals surface area (Å²) in [6, 6.07) is 5.90. The first-order valence-electron chi connectivity index (χ1n) is 4.80. The highest BCUT2D eigenvalue weighted by molar-refractivity contribution is 9.10. The molecule has 5 heteroatoms. The number of thioether (sulfide) groups is 1. The van der Waals surface area contributed by atoms with Crippen LogP contribution in [0.4, 0.5) is 5.69 Å². The lowest BCUT2D eigenvalue weighted by Crippen LogP contribution is -1.88. The molecule has 0 radical (unpaired) electrons. The number of halogens is 1. The molecule has 0 spiro atoms. The summed E-state index contributed by atoms with van der Waals surface area (Å²) in [4.78, 5) is 1.10. The first-order chi connectivity index (χ1) is 7.65. The summed E-state index contributed by atoms with van der Waals surface area (Å²) < 4.78 is 2.86. The number of aromatic nitrogens is 2. The molecule has 1 heterocycles. The Morgan fingerprint density at radius 3 is 3.00 bits per heavy atom. The van der Waals surface area contributed by atoms with Crippen LogP contribution in [-0.4, -0.2) is 9.78 Å². The molecule has 3 nitrogen and oxygen atoms in total. The van der Waals surface area contributed by atoms with E-state index < -0.39 is 0 Å². The van der Waals surface area contributed by atoms with E-state index in [1.807, 2.05) is 37.6 Å². The zero-order valence-corrected chi connectivity index (χ0v) is 11.3. The van der Waals surface area contributed by atoms with Crippen molar-refractivity contribution < 1.29 is 0 Å². The van der Waals surface area contributed by atoms with E-state index in [9.17, 15) is 0 Å². The van der Waals surface area contributed by atoms with Gasteiger partial charge in [0.25, 0.3) is 0 Å². The number of nitrogens with two attached hydrogens (primary N) is 1. The number of anilines is 1. The van der Waals surface area contributed by atoms with Gasteiger partial charge in [0.15, 0.2) is 0 Å². The van der Waals surface area contributed by atoms with Crippen molar-refractivity contribution in [3.63, 3.8) is 0 Å². The fourth-order valence-electron chi connectivity index (χ4n) is 1.34. The fraction of sp³-hybridized carbons (Fsp3) is 0.182. The highest BCUT2D eigenvalue weighted by Crippen LogP contribution is 2.30. The largest absolute Gasteiger partial charge is 0.398 e. The fourth-order valence-corrected chi connectivity index (χ4v) is 2.77. The van der Waals surface area contributed by atoms with E-state index in [1.54, 1.807) is 16.4 Å². The Hall–Kier alpha value is -0.940. The van der Waals surface area contributed by atoms with E-state index in [0.29, 0.717) is 0 Å². The first kappa shape index (κ1) is 11.5. The van der Waals surface area contributed by atoms with E-state index in [1.165, 1.54) is 5.56 Å². The summed E-state index contributed by atoms with van der Waals surface area (Å²) in [7, 11) is 1.92. The molecule has 0 aliphatic heterocycles. The van der Waals surface area contributed by atoms with Gasteiger partial charge in [-0.3, -0.25) is 4.68 Å². The van der Waals surface area contributed by atoms with Crippen molar-refractivity contribution in [3.05, 3.63) is 40.6 Å². The molecule has 1 aromatic carbocycles. The zero-order chi connectivity index (χ0) is 11.5. The Morgan fingerprint density at radius 2 is 2.31 bits per heavy atom. The van der Waals surface area contributed by atoms with E-state index in [2.05, 4.69) is 21.0 Å². The van der Waals surface area contributed by atoms with Gasteiger partial charge in [0.1, 0.15) is 0 Å². The maximum absolute atomic E-state index is 5.90. The Labute approximate surface area is 107 Å². The third-order valence-corrected chi connectivity index (χ3v) is 3.76. The summed E-state index contributed by atoms with van der Waals surface area (Å²) in [6.45, 7) is 0. The Morgan fingerprint density at radius 1 is 1.50 bits per heavy atom. The van der Waals surface area contributed by atoms with Crippen LogP contribution in [0.15, 0.2) is 40.0 Å². The van der Waals surface area contributed by atoms with E-state index in [4.69, 9.17) is 5.73 Å². The van der Waals surface area contributed by atoms with Gasteiger partial charge in [-0.1, -0.05) is 15.9 Å². The van der Waals surface area contributed by atoms with Gasteiger partial charge in [-0.05, 0) is 18.2 Å². The molecule has 0 amide bonds. The number of benzene rings is 1. The monoisotopic (exact) mass is 297 g/mol. The maximum Gasteiger partial charge on any atom is 0.0530 e. The average Bonchev–Trinajstić information content (AvgIpc) is 2.66. The second-order valence-corrected chi connectivity index (χ2v) is 5.43. The molecule has 2 rings (SSSR count). The van der Waals surface area contributed by atoms with Crippen molar-refractivity contribution in [1.82, 2.24) is 9.78 Å². The predicted molar refractivity (Wildman–Crippen MR) is 71.3 cm³/mol. The minimum Gasteiger partial charge on any atom is -0.398 e. The topological polar surface area (TPSA) is 43.8 Å². The molecule has 0 unspecified atom stereocenters. The van der Waals surface area contributed by atoms with Crippen LogP contribution in [-0.2, 0) is 12.8 Å². The molecule has 0 saturated carbocycles. The van der Waals surface area contributed by atoms with Gasteiger partial charge >= 0.3 is 0 Å². The second-order valence-electron chi connectivity index (χ2n) is 3.49. The highest BCUT2D eigenvalue weighted by Gasteiger charge is 2.03. The van der Waals surface area contributed by atoms with Crippen molar-refractivity contribution in [2.45, 2.75) is 10.6 Å². The van der Waals surface area contributed by atoms with Gasteiger partial charge in [-0.2, -0.15) is 5.10 Å². The third-order valence-electron chi connectivity index (χ3n) is 2.13. The van der Waals surface area contributed by atoms with E-state index >= 15 is 0 Å². The van der Waals surface area contributed by atoms with Crippen LogP contribution in [0.1, 0.15) is 5.56 Å². The van der Waals surface area contributed by atoms with Gasteiger partial charge in [-0.15, -0.1) is 11.8 Å². The lowest BCUT2D eigenvalue weighted by atomic mass is 10.3. The zero-order valence-electron chi connectivity index (χ0n) is 8.85. The molecule has 2 aromatic rings. The maximum atomic E-state index is 5.90. The molecule has 0 saturated heterocycles. The molecule has 0 aliphatic rings. The normalized spacial score (nSPS) is 10.6. The molecule has 1 aromatic heterocycles. The van der Waals surface area contributed by atoms with E-state index in [-0.39, 0.29) is 0 Å². The minimum atomic E-state index is 0.817. The lowest BCUT2D eigenvalue weighted by molar-refractivity contribution is 0.767. The molecule has 0 atom stereocenters. The molecule has 0 bridgehead atoms. The van der Waals surface area contributed by atoms with Gasteiger partial charge in [-0.25, -0.2) is 0 Å². The first-order valence-corrected chi connectivity index (χ1v) is 6.58. The molecule has 16 heavy (non-hydrogen) atoms. The molecular formula is C11H12BrN3S. The molecule has 0 aliphatic carbocycles. The number of nitrogen functional groups attached to an aromatic ring is 1. The van der Waals surface area contributed by atoms with Crippen LogP contribution in [0.3, 0.4) is 0 Å². The highest BCUT2D eigenvalue weighted by atomic mass is 79.9. The lowest BCUT2D eigenvalue weighted by Gasteiger charge is -2.04. The van der Waals surface area contributed by atoms with Crippen LogP contribution in [0.5, 0.6) is 0 Å². The van der Waals surface area contributed by atoms with Crippen molar-refractivity contribution in [2.75, 3.05) is 5.73 Å². The van der Waals surface area contributed by atoms with E-state index in [0.717, 1.165) is 20.8 Å². The molecular weight excluding hydrogens is 286 g/mol. The summed E-state index contributed by atoms with van der Waals surface area (Å²) in [6.07, 6.45) is 3.89. The molecule has 0 fully saturated rings. The Balaban J connectivity index is 2.07. The van der Waals surface area contributed by atoms with Crippen LogP contribution in [0, 0.1) is 0 Å². The number of hydrogen-bond donors (Lipinski definition) is 1. The second kappa shape index (κ2) is 4.93. The minimum absolute atomic E-state index is 0.817. The summed E-state index contributed by atoms with van der Waals surface area (Å²) in [5.41, 5.74) is 7.91. The van der Waals surface area contributed by atoms with Crippen LogP contribution in [0.2, 0.25) is 0 Å². The predicted octanol–water partition coefficient (Wildman–Crippen LogP) is 3.06. The van der Waals surface area contributed by atoms with Crippen molar-refractivity contribution in [2.24, 2.45) is 7.05 Å². The van der Waals surface area contributed by atoms with Crippen molar-refractivity contribution in [1.29, 1.82) is 0 Å². The van der Waals surface area contributed by atoms with Crippen LogP contribution >= 0.6 is 27.7 Å². The van der Waals surface area contributed by atoms with Crippen molar-refractivity contribution >= 4 is 33.4 Å². The van der Waals surface area contributed by atoms with Crippen LogP contribution < -0.4 is 5.73 Å². The Bertz CT molecular complexity index is 496. The summed E-state index contributed by atoms with van der Waals surface area (Å²) >= 11 is 5.16. The average molecular weight is 298 g/mol. The van der Waals surface area contributed by atoms with Gasteiger partial charge in [0, 0.05) is 39.6 Å². The number of rotatable bonds is 3. The molecule has 84 valence electrons. The number of aryl methyl sites for hydroxylation is 1. The molecule has 2 N–H and O–H groups in total. The third kappa shape index (κ3) is 2.80. The SMILES string of the molecule is Cn1cc(CSc2cc(Br)ccc2N)cn1. The van der Waals surface area contributed by atoms with Gasteiger partial charge in [0.2, 0.25) is 0 Å².